The molecule has 1 atom stereocenters. The molecule has 1 N–H and O–H groups in total. The zero-order chi connectivity index (χ0) is 32.7. The lowest BCUT2D eigenvalue weighted by Crippen LogP contribution is -2.54. The van der Waals surface area contributed by atoms with Gasteiger partial charge in [0.25, 0.3) is 10.0 Å². The van der Waals surface area contributed by atoms with Crippen molar-refractivity contribution in [1.29, 1.82) is 0 Å². The van der Waals surface area contributed by atoms with Crippen molar-refractivity contribution in [1.82, 2.24) is 10.2 Å². The molecule has 2 amide bonds. The molecular formula is C35H37ClFN3O4S. The molecule has 236 valence electrons. The SMILES string of the molecule is Cc1ccc(S(=O)(=O)N(CC(=O)N(Cc2ccccc2F)C(Cc2ccccc2)C(=O)NC(C)C)c2ccc(Cl)cc2C)cc1. The van der Waals surface area contributed by atoms with E-state index in [1.165, 1.54) is 29.2 Å². The van der Waals surface area contributed by atoms with Crippen LogP contribution < -0.4 is 9.62 Å². The number of sulfonamides is 1. The Kier molecular flexibility index (Phi) is 11.0. The van der Waals surface area contributed by atoms with Crippen LogP contribution in [0.5, 0.6) is 0 Å². The van der Waals surface area contributed by atoms with Gasteiger partial charge in [-0.05, 0) is 75.2 Å². The van der Waals surface area contributed by atoms with Crippen LogP contribution in [0.2, 0.25) is 5.02 Å². The first kappa shape index (κ1) is 33.7. The molecule has 0 saturated heterocycles. The van der Waals surface area contributed by atoms with Gasteiger partial charge < -0.3 is 10.2 Å². The number of carbonyl (C=O) groups excluding carboxylic acids is 2. The highest BCUT2D eigenvalue weighted by molar-refractivity contribution is 7.92. The van der Waals surface area contributed by atoms with Gasteiger partial charge in [-0.15, -0.1) is 0 Å². The Bertz CT molecular complexity index is 1750. The molecule has 45 heavy (non-hydrogen) atoms. The number of anilines is 1. The van der Waals surface area contributed by atoms with E-state index < -0.39 is 40.2 Å². The van der Waals surface area contributed by atoms with Gasteiger partial charge in [0, 0.05) is 29.6 Å². The van der Waals surface area contributed by atoms with Crippen molar-refractivity contribution in [3.8, 4) is 0 Å². The molecule has 4 aromatic carbocycles. The van der Waals surface area contributed by atoms with E-state index >= 15 is 4.39 Å². The van der Waals surface area contributed by atoms with Crippen LogP contribution >= 0.6 is 11.6 Å². The highest BCUT2D eigenvalue weighted by Gasteiger charge is 2.35. The minimum absolute atomic E-state index is 0.00529. The lowest BCUT2D eigenvalue weighted by Gasteiger charge is -2.34. The third-order valence-corrected chi connectivity index (χ3v) is 9.32. The average Bonchev–Trinajstić information content (AvgIpc) is 2.99. The molecular weight excluding hydrogens is 613 g/mol. The second kappa shape index (κ2) is 14.7. The van der Waals surface area contributed by atoms with Crippen molar-refractivity contribution in [3.05, 3.63) is 130 Å². The van der Waals surface area contributed by atoms with E-state index in [0.717, 1.165) is 15.4 Å². The summed E-state index contributed by atoms with van der Waals surface area (Å²) in [7, 11) is -4.27. The lowest BCUT2D eigenvalue weighted by atomic mass is 10.0. The van der Waals surface area contributed by atoms with E-state index in [2.05, 4.69) is 5.32 Å². The van der Waals surface area contributed by atoms with Gasteiger partial charge in [-0.3, -0.25) is 13.9 Å². The van der Waals surface area contributed by atoms with E-state index in [0.29, 0.717) is 10.6 Å². The van der Waals surface area contributed by atoms with Gasteiger partial charge in [0.1, 0.15) is 18.4 Å². The molecule has 0 aliphatic heterocycles. The van der Waals surface area contributed by atoms with Crippen LogP contribution in [0.4, 0.5) is 10.1 Å². The zero-order valence-electron chi connectivity index (χ0n) is 25.7. The summed E-state index contributed by atoms with van der Waals surface area (Å²) in [5, 5.41) is 3.29. The predicted molar refractivity (Wildman–Crippen MR) is 176 cm³/mol. The Labute approximate surface area is 269 Å². The summed E-state index contributed by atoms with van der Waals surface area (Å²) in [5.74, 6) is -1.66. The van der Waals surface area contributed by atoms with E-state index in [9.17, 15) is 18.0 Å². The minimum atomic E-state index is -4.27. The van der Waals surface area contributed by atoms with Crippen LogP contribution in [0.25, 0.3) is 0 Å². The van der Waals surface area contributed by atoms with Crippen molar-refractivity contribution in [2.45, 2.75) is 57.6 Å². The molecule has 0 spiro atoms. The Morgan fingerprint density at radius 1 is 0.889 bits per heavy atom. The van der Waals surface area contributed by atoms with Gasteiger partial charge >= 0.3 is 0 Å². The highest BCUT2D eigenvalue weighted by atomic mass is 35.5. The first-order valence-electron chi connectivity index (χ1n) is 14.6. The minimum Gasteiger partial charge on any atom is -0.352 e. The maximum Gasteiger partial charge on any atom is 0.264 e. The summed E-state index contributed by atoms with van der Waals surface area (Å²) >= 11 is 6.20. The van der Waals surface area contributed by atoms with Gasteiger partial charge in [0.2, 0.25) is 11.8 Å². The fraction of sp³-hybridized carbons (Fsp3) is 0.257. The maximum absolute atomic E-state index is 15.0. The highest BCUT2D eigenvalue weighted by Crippen LogP contribution is 2.30. The second-order valence-corrected chi connectivity index (χ2v) is 13.5. The summed E-state index contributed by atoms with van der Waals surface area (Å²) in [5.41, 5.74) is 2.63. The van der Waals surface area contributed by atoms with Crippen LogP contribution in [0.1, 0.15) is 36.1 Å². The van der Waals surface area contributed by atoms with E-state index in [1.54, 1.807) is 63.2 Å². The Morgan fingerprint density at radius 3 is 2.16 bits per heavy atom. The fourth-order valence-electron chi connectivity index (χ4n) is 4.99. The third-order valence-electron chi connectivity index (χ3n) is 7.32. The average molecular weight is 650 g/mol. The van der Waals surface area contributed by atoms with E-state index in [4.69, 9.17) is 11.6 Å². The molecule has 0 aliphatic carbocycles. The van der Waals surface area contributed by atoms with Crippen molar-refractivity contribution in [2.24, 2.45) is 0 Å². The van der Waals surface area contributed by atoms with Crippen molar-refractivity contribution < 1.29 is 22.4 Å². The molecule has 0 saturated carbocycles. The molecule has 0 bridgehead atoms. The molecule has 10 heteroatoms. The number of rotatable bonds is 12. The quantitative estimate of drug-likeness (QED) is 0.191. The second-order valence-electron chi connectivity index (χ2n) is 11.2. The van der Waals surface area contributed by atoms with Gasteiger partial charge in [0.15, 0.2) is 0 Å². The van der Waals surface area contributed by atoms with Crippen LogP contribution in [-0.2, 0) is 32.6 Å². The van der Waals surface area contributed by atoms with Crippen LogP contribution in [0, 0.1) is 19.7 Å². The molecule has 0 heterocycles. The third kappa shape index (κ3) is 8.49. The van der Waals surface area contributed by atoms with Crippen molar-refractivity contribution >= 4 is 39.1 Å². The Balaban J connectivity index is 1.84. The molecule has 0 aromatic heterocycles. The Hall–Kier alpha value is -4.21. The zero-order valence-corrected chi connectivity index (χ0v) is 27.3. The number of benzene rings is 4. The largest absolute Gasteiger partial charge is 0.352 e. The van der Waals surface area contributed by atoms with Crippen molar-refractivity contribution in [3.63, 3.8) is 0 Å². The number of carbonyl (C=O) groups is 2. The number of amides is 2. The molecule has 4 aromatic rings. The number of nitrogens with one attached hydrogen (secondary N) is 1. The van der Waals surface area contributed by atoms with E-state index in [1.807, 2.05) is 37.3 Å². The summed E-state index contributed by atoms with van der Waals surface area (Å²) in [6, 6.07) is 24.9. The van der Waals surface area contributed by atoms with Crippen LogP contribution in [0.15, 0.2) is 102 Å². The van der Waals surface area contributed by atoms with Gasteiger partial charge in [0.05, 0.1) is 10.6 Å². The fourth-order valence-corrected chi connectivity index (χ4v) is 6.70. The standard InChI is InChI=1S/C35H37ClFN3O4S/c1-24(2)38-35(42)33(21-27-10-6-5-7-11-27)39(22-28-12-8-9-13-31(28)37)34(41)23-40(32-19-16-29(36)20-26(32)4)45(43,44)30-17-14-25(3)15-18-30/h5-20,24,33H,21-23H2,1-4H3,(H,38,42). The first-order valence-corrected chi connectivity index (χ1v) is 16.4. The molecule has 4 rings (SSSR count). The van der Waals surface area contributed by atoms with Crippen LogP contribution in [0.3, 0.4) is 0 Å². The number of hydrogen-bond donors (Lipinski definition) is 1. The molecule has 0 aliphatic rings. The first-order chi connectivity index (χ1) is 21.4. The number of halogens is 2. The van der Waals surface area contributed by atoms with E-state index in [-0.39, 0.29) is 35.2 Å². The normalized spacial score (nSPS) is 12.1. The van der Waals surface area contributed by atoms with Crippen LogP contribution in [-0.4, -0.2) is 43.8 Å². The Morgan fingerprint density at radius 2 is 1.53 bits per heavy atom. The number of aryl methyl sites for hydroxylation is 2. The smallest absolute Gasteiger partial charge is 0.264 e. The summed E-state index contributed by atoms with van der Waals surface area (Å²) in [6.45, 7) is 6.25. The molecule has 0 fully saturated rings. The molecule has 0 radical (unpaired) electrons. The number of nitrogens with zero attached hydrogens (tertiary/aromatic N) is 2. The molecule has 7 nitrogen and oxygen atoms in total. The van der Waals surface area contributed by atoms with Gasteiger partial charge in [-0.25, -0.2) is 12.8 Å². The van der Waals surface area contributed by atoms with Gasteiger partial charge in [-0.2, -0.15) is 0 Å². The molecule has 1 unspecified atom stereocenters. The summed E-state index contributed by atoms with van der Waals surface area (Å²) in [6.07, 6.45) is 0.129. The lowest BCUT2D eigenvalue weighted by molar-refractivity contribution is -0.140. The summed E-state index contributed by atoms with van der Waals surface area (Å²) in [4.78, 5) is 29.5. The van der Waals surface area contributed by atoms with Crippen molar-refractivity contribution in [2.75, 3.05) is 10.8 Å². The topological polar surface area (TPSA) is 86.8 Å². The maximum atomic E-state index is 15.0. The summed E-state index contributed by atoms with van der Waals surface area (Å²) < 4.78 is 44.4. The number of hydrogen-bond acceptors (Lipinski definition) is 4. The monoisotopic (exact) mass is 649 g/mol. The van der Waals surface area contributed by atoms with Gasteiger partial charge in [-0.1, -0.05) is 77.8 Å². The predicted octanol–water partition coefficient (Wildman–Crippen LogP) is 6.46.